The fourth-order valence-electron chi connectivity index (χ4n) is 2.00. The van der Waals surface area contributed by atoms with E-state index < -0.39 is 11.5 Å². The van der Waals surface area contributed by atoms with Crippen LogP contribution in [0, 0.1) is 0 Å². The number of nitrogens with one attached hydrogen (secondary N) is 1. The van der Waals surface area contributed by atoms with Crippen LogP contribution in [0.3, 0.4) is 0 Å². The Kier molecular flexibility index (Phi) is 4.00. The zero-order valence-electron chi connectivity index (χ0n) is 11.1. The Morgan fingerprint density at radius 2 is 1.91 bits per heavy atom. The van der Waals surface area contributed by atoms with Crippen LogP contribution < -0.4 is 10.9 Å². The standard InChI is InChI=1S/C16H9BrClNO3/c17-10-5-6-13(12(18)8-10)19-15(20)11-7-9-3-1-2-4-14(9)22-16(11)21/h1-8H,(H,19,20). The maximum Gasteiger partial charge on any atom is 0.349 e. The van der Waals surface area contributed by atoms with Gasteiger partial charge in [0.1, 0.15) is 11.1 Å². The van der Waals surface area contributed by atoms with Crippen molar-refractivity contribution >= 4 is 50.1 Å². The van der Waals surface area contributed by atoms with Crippen molar-refractivity contribution in [1.82, 2.24) is 0 Å². The van der Waals surface area contributed by atoms with Crippen LogP contribution in [0.25, 0.3) is 11.0 Å². The molecule has 0 saturated heterocycles. The molecule has 0 bridgehead atoms. The average molecular weight is 379 g/mol. The zero-order valence-corrected chi connectivity index (χ0v) is 13.4. The summed E-state index contributed by atoms with van der Waals surface area (Å²) in [6.45, 7) is 0. The van der Waals surface area contributed by atoms with Crippen molar-refractivity contribution in [2.75, 3.05) is 5.32 Å². The monoisotopic (exact) mass is 377 g/mol. The molecule has 1 amide bonds. The maximum atomic E-state index is 12.3. The second kappa shape index (κ2) is 5.94. The normalized spacial score (nSPS) is 10.6. The molecular formula is C16H9BrClNO3. The van der Waals surface area contributed by atoms with Crippen LogP contribution in [0.4, 0.5) is 5.69 Å². The number of carbonyl (C=O) groups excluding carboxylic acids is 1. The van der Waals surface area contributed by atoms with Crippen LogP contribution in [-0.2, 0) is 0 Å². The number of benzene rings is 2. The first-order valence-electron chi connectivity index (χ1n) is 6.34. The summed E-state index contributed by atoms with van der Waals surface area (Å²) in [6.07, 6.45) is 0. The quantitative estimate of drug-likeness (QED) is 0.670. The van der Waals surface area contributed by atoms with E-state index in [1.807, 2.05) is 0 Å². The number of anilines is 1. The van der Waals surface area contributed by atoms with Gasteiger partial charge in [-0.1, -0.05) is 45.7 Å². The van der Waals surface area contributed by atoms with Crippen molar-refractivity contribution < 1.29 is 9.21 Å². The highest BCUT2D eigenvalue weighted by Gasteiger charge is 2.15. The van der Waals surface area contributed by atoms with Crippen LogP contribution in [0.1, 0.15) is 10.4 Å². The maximum absolute atomic E-state index is 12.3. The number of rotatable bonds is 2. The zero-order chi connectivity index (χ0) is 15.7. The first-order valence-corrected chi connectivity index (χ1v) is 7.51. The summed E-state index contributed by atoms with van der Waals surface area (Å²) in [5.74, 6) is -0.566. The molecule has 0 fully saturated rings. The number of carbonyl (C=O) groups is 1. The number of hydrogen-bond acceptors (Lipinski definition) is 3. The van der Waals surface area contributed by atoms with Gasteiger partial charge in [0.2, 0.25) is 0 Å². The van der Waals surface area contributed by atoms with Crippen LogP contribution >= 0.6 is 27.5 Å². The Morgan fingerprint density at radius 3 is 2.68 bits per heavy atom. The van der Waals surface area contributed by atoms with E-state index in [2.05, 4.69) is 21.2 Å². The van der Waals surface area contributed by atoms with Gasteiger partial charge in [0.05, 0.1) is 10.7 Å². The Morgan fingerprint density at radius 1 is 1.14 bits per heavy atom. The van der Waals surface area contributed by atoms with Crippen LogP contribution in [0.15, 0.2) is 62.2 Å². The summed E-state index contributed by atoms with van der Waals surface area (Å²) >= 11 is 9.33. The van der Waals surface area contributed by atoms with Gasteiger partial charge in [-0.25, -0.2) is 4.79 Å². The summed E-state index contributed by atoms with van der Waals surface area (Å²) in [5.41, 5.74) is 0.0928. The molecule has 0 aliphatic rings. The average Bonchev–Trinajstić information content (AvgIpc) is 2.49. The van der Waals surface area contributed by atoms with Crippen molar-refractivity contribution in [3.05, 3.63) is 74.0 Å². The third kappa shape index (κ3) is 2.91. The molecule has 0 aliphatic heterocycles. The van der Waals surface area contributed by atoms with Gasteiger partial charge < -0.3 is 9.73 Å². The summed E-state index contributed by atoms with van der Waals surface area (Å²) in [7, 11) is 0. The minimum atomic E-state index is -0.690. The first-order chi connectivity index (χ1) is 10.5. The molecule has 0 spiro atoms. The molecule has 0 saturated carbocycles. The molecule has 22 heavy (non-hydrogen) atoms. The predicted octanol–water partition coefficient (Wildman–Crippen LogP) is 4.46. The van der Waals surface area contributed by atoms with E-state index in [0.717, 1.165) is 4.47 Å². The van der Waals surface area contributed by atoms with Crippen LogP contribution in [0.5, 0.6) is 0 Å². The molecule has 1 aromatic heterocycles. The van der Waals surface area contributed by atoms with Crippen molar-refractivity contribution in [3.63, 3.8) is 0 Å². The number of para-hydroxylation sites is 1. The second-order valence-corrected chi connectivity index (χ2v) is 5.89. The molecule has 0 unspecified atom stereocenters. The van der Waals surface area contributed by atoms with Gasteiger partial charge in [0.15, 0.2) is 0 Å². The van der Waals surface area contributed by atoms with E-state index in [-0.39, 0.29) is 5.56 Å². The smallest absolute Gasteiger partial charge is 0.349 e. The molecule has 3 rings (SSSR count). The van der Waals surface area contributed by atoms with Gasteiger partial charge >= 0.3 is 5.63 Å². The predicted molar refractivity (Wildman–Crippen MR) is 89.6 cm³/mol. The molecule has 1 heterocycles. The van der Waals surface area contributed by atoms with Crippen molar-refractivity contribution in [2.45, 2.75) is 0 Å². The molecule has 0 aliphatic carbocycles. The largest absolute Gasteiger partial charge is 0.422 e. The Balaban J connectivity index is 1.98. The third-order valence-electron chi connectivity index (χ3n) is 3.07. The summed E-state index contributed by atoms with van der Waals surface area (Å²) in [6, 6.07) is 13.5. The lowest BCUT2D eigenvalue weighted by atomic mass is 10.1. The van der Waals surface area contributed by atoms with E-state index in [9.17, 15) is 9.59 Å². The number of hydrogen-bond donors (Lipinski definition) is 1. The second-order valence-electron chi connectivity index (χ2n) is 4.56. The molecule has 1 N–H and O–H groups in total. The van der Waals surface area contributed by atoms with Crippen molar-refractivity contribution in [3.8, 4) is 0 Å². The van der Waals surface area contributed by atoms with Crippen molar-refractivity contribution in [1.29, 1.82) is 0 Å². The minimum Gasteiger partial charge on any atom is -0.422 e. The lowest BCUT2D eigenvalue weighted by Gasteiger charge is -2.07. The highest BCUT2D eigenvalue weighted by Crippen LogP contribution is 2.26. The highest BCUT2D eigenvalue weighted by molar-refractivity contribution is 9.10. The number of halogens is 2. The van der Waals surface area contributed by atoms with Gasteiger partial charge in [-0.3, -0.25) is 4.79 Å². The van der Waals surface area contributed by atoms with E-state index in [4.69, 9.17) is 16.0 Å². The Labute approximate surface area is 138 Å². The summed E-state index contributed by atoms with van der Waals surface area (Å²) < 4.78 is 5.94. The van der Waals surface area contributed by atoms with Gasteiger partial charge in [-0.15, -0.1) is 0 Å². The molecule has 0 radical (unpaired) electrons. The molecular weight excluding hydrogens is 370 g/mol. The van der Waals surface area contributed by atoms with Crippen LogP contribution in [-0.4, -0.2) is 5.91 Å². The highest BCUT2D eigenvalue weighted by atomic mass is 79.9. The lowest BCUT2D eigenvalue weighted by molar-refractivity contribution is 0.102. The fourth-order valence-corrected chi connectivity index (χ4v) is 2.72. The SMILES string of the molecule is O=C(Nc1ccc(Br)cc1Cl)c1cc2ccccc2oc1=O. The lowest BCUT2D eigenvalue weighted by Crippen LogP contribution is -2.20. The van der Waals surface area contributed by atoms with E-state index >= 15 is 0 Å². The topological polar surface area (TPSA) is 59.3 Å². The van der Waals surface area contributed by atoms with E-state index in [1.165, 1.54) is 6.07 Å². The summed E-state index contributed by atoms with van der Waals surface area (Å²) in [5, 5.41) is 3.65. The van der Waals surface area contributed by atoms with Gasteiger partial charge in [-0.05, 0) is 30.3 Å². The molecule has 110 valence electrons. The van der Waals surface area contributed by atoms with E-state index in [0.29, 0.717) is 21.7 Å². The Bertz CT molecular complexity index is 936. The van der Waals surface area contributed by atoms with Gasteiger partial charge in [0.25, 0.3) is 5.91 Å². The molecule has 2 aromatic carbocycles. The molecule has 3 aromatic rings. The third-order valence-corrected chi connectivity index (χ3v) is 3.87. The van der Waals surface area contributed by atoms with Crippen molar-refractivity contribution in [2.24, 2.45) is 0 Å². The first kappa shape index (κ1) is 14.8. The van der Waals surface area contributed by atoms with E-state index in [1.54, 1.807) is 42.5 Å². The fraction of sp³-hybridized carbons (Fsp3) is 0. The van der Waals surface area contributed by atoms with Gasteiger partial charge in [-0.2, -0.15) is 0 Å². The molecule has 6 heteroatoms. The number of amides is 1. The number of fused-ring (bicyclic) bond motifs is 1. The minimum absolute atomic E-state index is 0.0716. The van der Waals surface area contributed by atoms with Gasteiger partial charge in [0, 0.05) is 9.86 Å². The summed E-state index contributed by atoms with van der Waals surface area (Å²) in [4.78, 5) is 24.2. The Hall–Kier alpha value is -2.11. The molecule has 0 atom stereocenters. The molecule has 4 nitrogen and oxygen atoms in total. The van der Waals surface area contributed by atoms with Crippen LogP contribution in [0.2, 0.25) is 5.02 Å².